The molecular weight excluding hydrogens is 270 g/mol. The molecule has 0 bridgehead atoms. The number of carbonyl (C=O) groups is 2. The zero-order valence-electron chi connectivity index (χ0n) is 11.7. The highest BCUT2D eigenvalue weighted by Crippen LogP contribution is 2.55. The van der Waals surface area contributed by atoms with Crippen LogP contribution < -0.4 is 10.1 Å². The molecule has 2 saturated carbocycles. The Balaban J connectivity index is 1.64. The third kappa shape index (κ3) is 3.01. The summed E-state index contributed by atoms with van der Waals surface area (Å²) in [4.78, 5) is 22.9. The van der Waals surface area contributed by atoms with Crippen LogP contribution in [0, 0.1) is 17.8 Å². The lowest BCUT2D eigenvalue weighted by Gasteiger charge is -2.11. The summed E-state index contributed by atoms with van der Waals surface area (Å²) in [5.41, 5.74) is 0.549. The first-order valence-electron chi connectivity index (χ1n) is 7.41. The number of hydrogen-bond acceptors (Lipinski definition) is 3. The normalized spacial score (nSPS) is 26.6. The predicted octanol–water partition coefficient (Wildman–Crippen LogP) is 2.52. The summed E-state index contributed by atoms with van der Waals surface area (Å²) in [5.74, 6) is 0.621. The first-order valence-corrected chi connectivity index (χ1v) is 7.41. The molecule has 5 nitrogen and oxygen atoms in total. The number of para-hydroxylation sites is 2. The number of fused-ring (bicyclic) bond motifs is 1. The third-order valence-corrected chi connectivity index (χ3v) is 4.46. The standard InChI is InChI=1S/C16H19NO4/c18-14(19)9-21-13-8-4-3-7-12(13)17-16(20)15-10-5-1-2-6-11(10)15/h3-4,7-8,10-11,15H,1-2,5-6,9H2,(H,17,20)(H,18,19). The van der Waals surface area contributed by atoms with Crippen LogP contribution in [0.4, 0.5) is 5.69 Å². The molecule has 0 spiro atoms. The van der Waals surface area contributed by atoms with Crippen LogP contribution in [-0.4, -0.2) is 23.6 Å². The summed E-state index contributed by atoms with van der Waals surface area (Å²) in [5, 5.41) is 11.6. The van der Waals surface area contributed by atoms with E-state index in [0.29, 0.717) is 23.3 Å². The second-order valence-electron chi connectivity index (χ2n) is 5.81. The van der Waals surface area contributed by atoms with Crippen molar-refractivity contribution in [1.29, 1.82) is 0 Å². The van der Waals surface area contributed by atoms with Crippen LogP contribution in [0.25, 0.3) is 0 Å². The molecule has 2 aliphatic rings. The minimum absolute atomic E-state index is 0.0401. The highest BCUT2D eigenvalue weighted by Gasteiger charge is 2.54. The monoisotopic (exact) mass is 289 g/mol. The number of carboxylic acids is 1. The Morgan fingerprint density at radius 1 is 1.19 bits per heavy atom. The predicted molar refractivity (Wildman–Crippen MR) is 77.1 cm³/mol. The van der Waals surface area contributed by atoms with Crippen LogP contribution in [0.3, 0.4) is 0 Å². The molecule has 0 radical (unpaired) electrons. The van der Waals surface area contributed by atoms with Gasteiger partial charge in [-0.2, -0.15) is 0 Å². The fourth-order valence-electron chi connectivity index (χ4n) is 3.43. The lowest BCUT2D eigenvalue weighted by Crippen LogP contribution is -2.17. The number of ether oxygens (including phenoxy) is 1. The molecule has 1 aromatic rings. The lowest BCUT2D eigenvalue weighted by atomic mass is 10.0. The SMILES string of the molecule is O=C(O)COc1ccccc1NC(=O)C1C2CCCCC21. The van der Waals surface area contributed by atoms with Gasteiger partial charge >= 0.3 is 5.97 Å². The number of rotatable bonds is 5. The number of benzene rings is 1. The summed E-state index contributed by atoms with van der Waals surface area (Å²) in [7, 11) is 0. The molecule has 2 aliphatic carbocycles. The topological polar surface area (TPSA) is 75.6 Å². The van der Waals surface area contributed by atoms with Gasteiger partial charge in [-0.15, -0.1) is 0 Å². The van der Waals surface area contributed by atoms with Gasteiger partial charge in [0.1, 0.15) is 5.75 Å². The summed E-state index contributed by atoms with van der Waals surface area (Å²) >= 11 is 0. The van der Waals surface area contributed by atoms with Gasteiger partial charge in [0, 0.05) is 5.92 Å². The zero-order valence-corrected chi connectivity index (χ0v) is 11.7. The highest BCUT2D eigenvalue weighted by atomic mass is 16.5. The van der Waals surface area contributed by atoms with Crippen molar-refractivity contribution in [3.05, 3.63) is 24.3 Å². The molecule has 2 unspecified atom stereocenters. The van der Waals surface area contributed by atoms with E-state index in [-0.39, 0.29) is 11.8 Å². The Morgan fingerprint density at radius 3 is 2.52 bits per heavy atom. The highest BCUT2D eigenvalue weighted by molar-refractivity contribution is 5.96. The lowest BCUT2D eigenvalue weighted by molar-refractivity contribution is -0.139. The molecule has 0 heterocycles. The van der Waals surface area contributed by atoms with E-state index < -0.39 is 12.6 Å². The van der Waals surface area contributed by atoms with E-state index in [0.717, 1.165) is 12.8 Å². The van der Waals surface area contributed by atoms with E-state index in [1.165, 1.54) is 12.8 Å². The van der Waals surface area contributed by atoms with Crippen LogP contribution in [0.2, 0.25) is 0 Å². The van der Waals surface area contributed by atoms with Crippen LogP contribution >= 0.6 is 0 Å². The fourth-order valence-corrected chi connectivity index (χ4v) is 3.43. The average Bonchev–Trinajstić information content (AvgIpc) is 3.20. The summed E-state index contributed by atoms with van der Waals surface area (Å²) in [6.45, 7) is -0.415. The van der Waals surface area contributed by atoms with E-state index in [4.69, 9.17) is 9.84 Å². The minimum atomic E-state index is -1.04. The molecule has 112 valence electrons. The van der Waals surface area contributed by atoms with Crippen molar-refractivity contribution in [3.8, 4) is 5.75 Å². The van der Waals surface area contributed by atoms with Crippen LogP contribution in [0.15, 0.2) is 24.3 Å². The average molecular weight is 289 g/mol. The van der Waals surface area contributed by atoms with Gasteiger partial charge in [0.25, 0.3) is 0 Å². The van der Waals surface area contributed by atoms with Gasteiger partial charge in [0.05, 0.1) is 5.69 Å². The van der Waals surface area contributed by atoms with Gasteiger partial charge in [-0.25, -0.2) is 4.79 Å². The minimum Gasteiger partial charge on any atom is -0.480 e. The van der Waals surface area contributed by atoms with E-state index in [1.54, 1.807) is 24.3 Å². The summed E-state index contributed by atoms with van der Waals surface area (Å²) < 4.78 is 5.20. The molecule has 2 atom stereocenters. The molecule has 5 heteroatoms. The van der Waals surface area contributed by atoms with Crippen molar-refractivity contribution in [3.63, 3.8) is 0 Å². The van der Waals surface area contributed by atoms with E-state index >= 15 is 0 Å². The molecule has 0 saturated heterocycles. The van der Waals surface area contributed by atoms with Gasteiger partial charge in [0.2, 0.25) is 5.91 Å². The first-order chi connectivity index (χ1) is 10.2. The number of carboxylic acid groups (broad SMARTS) is 1. The maximum Gasteiger partial charge on any atom is 0.341 e. The van der Waals surface area contributed by atoms with Crippen molar-refractivity contribution in [2.75, 3.05) is 11.9 Å². The van der Waals surface area contributed by atoms with Gasteiger partial charge in [-0.1, -0.05) is 25.0 Å². The number of nitrogens with one attached hydrogen (secondary N) is 1. The van der Waals surface area contributed by atoms with Gasteiger partial charge in [-0.3, -0.25) is 4.79 Å². The molecule has 3 rings (SSSR count). The smallest absolute Gasteiger partial charge is 0.341 e. The number of amides is 1. The fraction of sp³-hybridized carbons (Fsp3) is 0.500. The van der Waals surface area contributed by atoms with Gasteiger partial charge in [-0.05, 0) is 36.8 Å². The Labute approximate surface area is 123 Å². The molecular formula is C16H19NO4. The van der Waals surface area contributed by atoms with Crippen LogP contribution in [-0.2, 0) is 9.59 Å². The molecule has 2 N–H and O–H groups in total. The largest absolute Gasteiger partial charge is 0.480 e. The number of hydrogen-bond donors (Lipinski definition) is 2. The number of aliphatic carboxylic acids is 1. The molecule has 0 aliphatic heterocycles. The van der Waals surface area contributed by atoms with Crippen molar-refractivity contribution >= 4 is 17.6 Å². The maximum atomic E-state index is 12.3. The van der Waals surface area contributed by atoms with Crippen molar-refractivity contribution in [2.45, 2.75) is 25.7 Å². The molecule has 2 fully saturated rings. The van der Waals surface area contributed by atoms with Gasteiger partial charge < -0.3 is 15.2 Å². The van der Waals surface area contributed by atoms with E-state index in [9.17, 15) is 9.59 Å². The zero-order chi connectivity index (χ0) is 14.8. The van der Waals surface area contributed by atoms with Crippen LogP contribution in [0.5, 0.6) is 5.75 Å². The number of anilines is 1. The first kappa shape index (κ1) is 13.9. The Morgan fingerprint density at radius 2 is 1.86 bits per heavy atom. The molecule has 1 aromatic carbocycles. The second-order valence-corrected chi connectivity index (χ2v) is 5.81. The Kier molecular flexibility index (Phi) is 3.82. The van der Waals surface area contributed by atoms with E-state index in [1.807, 2.05) is 0 Å². The molecule has 21 heavy (non-hydrogen) atoms. The molecule has 0 aromatic heterocycles. The summed E-state index contributed by atoms with van der Waals surface area (Å²) in [6, 6.07) is 6.95. The van der Waals surface area contributed by atoms with Crippen molar-refractivity contribution < 1.29 is 19.4 Å². The second kappa shape index (κ2) is 5.76. The maximum absolute atomic E-state index is 12.3. The van der Waals surface area contributed by atoms with Crippen molar-refractivity contribution in [1.82, 2.24) is 0 Å². The molecule has 1 amide bonds. The third-order valence-electron chi connectivity index (χ3n) is 4.46. The quantitative estimate of drug-likeness (QED) is 0.873. The van der Waals surface area contributed by atoms with Gasteiger partial charge in [0.15, 0.2) is 6.61 Å². The Bertz CT molecular complexity index is 545. The van der Waals surface area contributed by atoms with Crippen molar-refractivity contribution in [2.24, 2.45) is 17.8 Å². The van der Waals surface area contributed by atoms with E-state index in [2.05, 4.69) is 5.32 Å². The number of carbonyl (C=O) groups excluding carboxylic acids is 1. The summed E-state index contributed by atoms with van der Waals surface area (Å²) in [6.07, 6.45) is 4.76. The van der Waals surface area contributed by atoms with Crippen LogP contribution in [0.1, 0.15) is 25.7 Å². The Hall–Kier alpha value is -2.04.